The number of ether oxygens (including phenoxy) is 2. The van der Waals surface area contributed by atoms with E-state index in [0.29, 0.717) is 13.2 Å². The van der Waals surface area contributed by atoms with Gasteiger partial charge in [-0.25, -0.2) is 0 Å². The zero-order chi connectivity index (χ0) is 15.2. The Morgan fingerprint density at radius 1 is 1.00 bits per heavy atom. The monoisotopic (exact) mass is 295 g/mol. The fourth-order valence-corrected chi connectivity index (χ4v) is 2.17. The molecule has 22 heavy (non-hydrogen) atoms. The first-order chi connectivity index (χ1) is 10.8. The van der Waals surface area contributed by atoms with Crippen LogP contribution in [0.4, 0.5) is 0 Å². The standard InChI is InChI=1S/C17H17N3O2/c1-21-16-11-15(14-3-6-18-7-4-14)12-17(13-16)22-10-9-20-8-2-5-19-20/h2-8,11-13H,9-10H2,1H3. The predicted molar refractivity (Wildman–Crippen MR) is 83.9 cm³/mol. The molecule has 0 amide bonds. The van der Waals surface area contributed by atoms with Gasteiger partial charge in [0.25, 0.3) is 0 Å². The largest absolute Gasteiger partial charge is 0.497 e. The summed E-state index contributed by atoms with van der Waals surface area (Å²) in [5.74, 6) is 1.54. The molecule has 0 spiro atoms. The topological polar surface area (TPSA) is 49.2 Å². The number of aromatic nitrogens is 3. The summed E-state index contributed by atoms with van der Waals surface area (Å²) in [6, 6.07) is 11.7. The molecular weight excluding hydrogens is 278 g/mol. The van der Waals surface area contributed by atoms with Gasteiger partial charge in [-0.3, -0.25) is 9.67 Å². The lowest BCUT2D eigenvalue weighted by atomic mass is 10.1. The lowest BCUT2D eigenvalue weighted by molar-refractivity contribution is 0.289. The van der Waals surface area contributed by atoms with Crippen molar-refractivity contribution in [3.05, 3.63) is 61.2 Å². The molecule has 0 fully saturated rings. The number of nitrogens with zero attached hydrogens (tertiary/aromatic N) is 3. The molecular formula is C17H17N3O2. The van der Waals surface area contributed by atoms with E-state index in [2.05, 4.69) is 10.1 Å². The number of hydrogen-bond donors (Lipinski definition) is 0. The first-order valence-corrected chi connectivity index (χ1v) is 7.05. The summed E-state index contributed by atoms with van der Waals surface area (Å²) in [6.07, 6.45) is 7.21. The predicted octanol–water partition coefficient (Wildman–Crippen LogP) is 3.03. The summed E-state index contributed by atoms with van der Waals surface area (Å²) >= 11 is 0. The Bertz CT molecular complexity index is 712. The molecule has 1 aromatic carbocycles. The number of rotatable bonds is 6. The third-order valence-corrected chi connectivity index (χ3v) is 3.28. The molecule has 0 saturated heterocycles. The summed E-state index contributed by atoms with van der Waals surface area (Å²) in [5, 5.41) is 4.15. The Balaban J connectivity index is 1.75. The fraction of sp³-hybridized carbons (Fsp3) is 0.176. The van der Waals surface area contributed by atoms with Gasteiger partial charge in [-0.1, -0.05) is 0 Å². The van der Waals surface area contributed by atoms with Crippen LogP contribution in [0.25, 0.3) is 11.1 Å². The number of hydrogen-bond acceptors (Lipinski definition) is 4. The minimum atomic E-state index is 0.546. The summed E-state index contributed by atoms with van der Waals surface area (Å²) in [7, 11) is 1.65. The molecule has 3 rings (SSSR count). The zero-order valence-corrected chi connectivity index (χ0v) is 12.3. The van der Waals surface area contributed by atoms with Crippen LogP contribution in [0.3, 0.4) is 0 Å². The Morgan fingerprint density at radius 3 is 2.55 bits per heavy atom. The third kappa shape index (κ3) is 3.44. The van der Waals surface area contributed by atoms with Gasteiger partial charge in [0.1, 0.15) is 18.1 Å². The molecule has 0 atom stereocenters. The lowest BCUT2D eigenvalue weighted by Gasteiger charge is -2.11. The summed E-state index contributed by atoms with van der Waals surface area (Å²) in [5.41, 5.74) is 2.11. The molecule has 0 unspecified atom stereocenters. The molecule has 0 aliphatic carbocycles. The van der Waals surface area contributed by atoms with Crippen LogP contribution in [0.2, 0.25) is 0 Å². The van der Waals surface area contributed by atoms with Crippen molar-refractivity contribution in [2.24, 2.45) is 0 Å². The first kappa shape index (κ1) is 14.1. The van der Waals surface area contributed by atoms with Crippen LogP contribution in [0.5, 0.6) is 11.5 Å². The molecule has 5 heteroatoms. The highest BCUT2D eigenvalue weighted by Gasteiger charge is 2.05. The van der Waals surface area contributed by atoms with Gasteiger partial charge in [-0.05, 0) is 41.5 Å². The maximum absolute atomic E-state index is 5.83. The Kier molecular flexibility index (Phi) is 4.34. The van der Waals surface area contributed by atoms with Gasteiger partial charge in [0, 0.05) is 30.9 Å². The molecule has 0 saturated carbocycles. The van der Waals surface area contributed by atoms with Crippen molar-refractivity contribution < 1.29 is 9.47 Å². The smallest absolute Gasteiger partial charge is 0.123 e. The maximum atomic E-state index is 5.83. The van der Waals surface area contributed by atoms with Crippen LogP contribution in [0.1, 0.15) is 0 Å². The van der Waals surface area contributed by atoms with Crippen LogP contribution in [0.15, 0.2) is 61.2 Å². The van der Waals surface area contributed by atoms with E-state index in [1.165, 1.54) is 0 Å². The van der Waals surface area contributed by atoms with Crippen LogP contribution < -0.4 is 9.47 Å². The molecule has 2 heterocycles. The highest BCUT2D eigenvalue weighted by Crippen LogP contribution is 2.29. The lowest BCUT2D eigenvalue weighted by Crippen LogP contribution is -2.08. The average Bonchev–Trinajstić information content (AvgIpc) is 3.09. The fourth-order valence-electron chi connectivity index (χ4n) is 2.17. The van der Waals surface area contributed by atoms with Gasteiger partial charge >= 0.3 is 0 Å². The maximum Gasteiger partial charge on any atom is 0.123 e. The second-order valence-corrected chi connectivity index (χ2v) is 4.75. The van der Waals surface area contributed by atoms with Crippen molar-refractivity contribution in [2.75, 3.05) is 13.7 Å². The van der Waals surface area contributed by atoms with Crippen molar-refractivity contribution in [3.8, 4) is 22.6 Å². The Hall–Kier alpha value is -2.82. The van der Waals surface area contributed by atoms with Gasteiger partial charge < -0.3 is 9.47 Å². The van der Waals surface area contributed by atoms with Gasteiger partial charge in [-0.2, -0.15) is 5.10 Å². The number of pyridine rings is 1. The van der Waals surface area contributed by atoms with E-state index in [9.17, 15) is 0 Å². The molecule has 0 aliphatic heterocycles. The summed E-state index contributed by atoms with van der Waals surface area (Å²) in [4.78, 5) is 4.04. The normalized spacial score (nSPS) is 10.4. The van der Waals surface area contributed by atoms with E-state index in [-0.39, 0.29) is 0 Å². The van der Waals surface area contributed by atoms with Crippen molar-refractivity contribution in [1.82, 2.24) is 14.8 Å². The zero-order valence-electron chi connectivity index (χ0n) is 12.3. The molecule has 0 N–H and O–H groups in total. The van der Waals surface area contributed by atoms with E-state index in [1.807, 2.05) is 47.3 Å². The van der Waals surface area contributed by atoms with E-state index in [0.717, 1.165) is 22.6 Å². The molecule has 2 aromatic heterocycles. The van der Waals surface area contributed by atoms with Gasteiger partial charge in [0.2, 0.25) is 0 Å². The van der Waals surface area contributed by atoms with Crippen LogP contribution in [0, 0.1) is 0 Å². The van der Waals surface area contributed by atoms with E-state index in [4.69, 9.17) is 9.47 Å². The van der Waals surface area contributed by atoms with E-state index < -0.39 is 0 Å². The third-order valence-electron chi connectivity index (χ3n) is 3.28. The quantitative estimate of drug-likeness (QED) is 0.701. The van der Waals surface area contributed by atoms with Gasteiger partial charge in [0.15, 0.2) is 0 Å². The molecule has 0 radical (unpaired) electrons. The average molecular weight is 295 g/mol. The summed E-state index contributed by atoms with van der Waals surface area (Å²) in [6.45, 7) is 1.25. The second-order valence-electron chi connectivity index (χ2n) is 4.75. The number of methoxy groups -OCH3 is 1. The Labute approximate surface area is 129 Å². The van der Waals surface area contributed by atoms with E-state index >= 15 is 0 Å². The number of benzene rings is 1. The van der Waals surface area contributed by atoms with Gasteiger partial charge in [-0.15, -0.1) is 0 Å². The SMILES string of the molecule is COc1cc(OCCn2cccn2)cc(-c2ccncc2)c1. The second kappa shape index (κ2) is 6.76. The van der Waals surface area contributed by atoms with Crippen molar-refractivity contribution >= 4 is 0 Å². The molecule has 0 bridgehead atoms. The minimum Gasteiger partial charge on any atom is -0.497 e. The van der Waals surface area contributed by atoms with Crippen molar-refractivity contribution in [1.29, 1.82) is 0 Å². The molecule has 5 nitrogen and oxygen atoms in total. The Morgan fingerprint density at radius 2 is 1.82 bits per heavy atom. The van der Waals surface area contributed by atoms with Crippen LogP contribution in [-0.2, 0) is 6.54 Å². The van der Waals surface area contributed by atoms with Crippen molar-refractivity contribution in [3.63, 3.8) is 0 Å². The van der Waals surface area contributed by atoms with E-state index in [1.54, 1.807) is 25.7 Å². The molecule has 112 valence electrons. The van der Waals surface area contributed by atoms with Crippen molar-refractivity contribution in [2.45, 2.75) is 6.54 Å². The first-order valence-electron chi connectivity index (χ1n) is 7.05. The van der Waals surface area contributed by atoms with Crippen LogP contribution in [-0.4, -0.2) is 28.5 Å². The summed E-state index contributed by atoms with van der Waals surface area (Å²) < 4.78 is 13.0. The van der Waals surface area contributed by atoms with Gasteiger partial charge in [0.05, 0.1) is 13.7 Å². The minimum absolute atomic E-state index is 0.546. The van der Waals surface area contributed by atoms with Crippen LogP contribution >= 0.6 is 0 Å². The molecule has 0 aliphatic rings. The molecule has 3 aromatic rings. The highest BCUT2D eigenvalue weighted by atomic mass is 16.5. The highest BCUT2D eigenvalue weighted by molar-refractivity contribution is 5.66.